The van der Waals surface area contributed by atoms with E-state index < -0.39 is 5.54 Å². The monoisotopic (exact) mass is 255 g/mol. The van der Waals surface area contributed by atoms with E-state index in [1.165, 1.54) is 0 Å². The molecule has 0 aromatic heterocycles. The van der Waals surface area contributed by atoms with Gasteiger partial charge in [0.05, 0.1) is 0 Å². The Kier molecular flexibility index (Phi) is 4.97. The summed E-state index contributed by atoms with van der Waals surface area (Å²) < 4.78 is 5.18. The number of nitrogens with two attached hydrogens (primary N) is 1. The van der Waals surface area contributed by atoms with Gasteiger partial charge in [-0.25, -0.2) is 0 Å². The molecule has 1 rings (SSSR count). The number of ether oxygens (including phenoxy) is 1. The van der Waals surface area contributed by atoms with E-state index in [1.807, 2.05) is 25.1 Å². The maximum absolute atomic E-state index is 11.7. The molecule has 1 aromatic carbocycles. The van der Waals surface area contributed by atoms with Crippen LogP contribution in [0.15, 0.2) is 24.3 Å². The van der Waals surface area contributed by atoms with Crippen LogP contribution in [0.25, 0.3) is 0 Å². The Morgan fingerprint density at radius 2 is 2.12 bits per heavy atom. The van der Waals surface area contributed by atoms with Gasteiger partial charge in [-0.1, -0.05) is 43.1 Å². The van der Waals surface area contributed by atoms with Gasteiger partial charge in [0.15, 0.2) is 0 Å². The molecule has 0 aliphatic rings. The number of hydrogen-bond acceptors (Lipinski definition) is 3. The van der Waals surface area contributed by atoms with E-state index in [-0.39, 0.29) is 12.6 Å². The van der Waals surface area contributed by atoms with Crippen LogP contribution in [0.4, 0.5) is 0 Å². The van der Waals surface area contributed by atoms with Gasteiger partial charge in [0.2, 0.25) is 0 Å². The van der Waals surface area contributed by atoms with Crippen molar-refractivity contribution in [2.24, 2.45) is 5.73 Å². The molecular formula is C13H18ClNO2. The van der Waals surface area contributed by atoms with Gasteiger partial charge in [-0.3, -0.25) is 4.79 Å². The number of carbonyl (C=O) groups is 1. The smallest absolute Gasteiger partial charge is 0.326 e. The molecule has 17 heavy (non-hydrogen) atoms. The van der Waals surface area contributed by atoms with Gasteiger partial charge in [-0.05, 0) is 19.4 Å². The number of esters is 1. The van der Waals surface area contributed by atoms with Gasteiger partial charge in [0.1, 0.15) is 12.1 Å². The van der Waals surface area contributed by atoms with Crippen LogP contribution in [-0.2, 0) is 16.1 Å². The molecule has 0 aliphatic carbocycles. The van der Waals surface area contributed by atoms with Crippen molar-refractivity contribution in [1.29, 1.82) is 0 Å². The summed E-state index contributed by atoms with van der Waals surface area (Å²) in [6.45, 7) is 3.83. The van der Waals surface area contributed by atoms with Crippen LogP contribution in [-0.4, -0.2) is 11.5 Å². The van der Waals surface area contributed by atoms with E-state index in [1.54, 1.807) is 13.0 Å². The second-order valence-electron chi connectivity index (χ2n) is 4.34. The second-order valence-corrected chi connectivity index (χ2v) is 4.74. The normalized spacial score (nSPS) is 14.1. The largest absolute Gasteiger partial charge is 0.459 e. The quantitative estimate of drug-likeness (QED) is 0.823. The first kappa shape index (κ1) is 14.0. The minimum absolute atomic E-state index is 0.162. The Morgan fingerprint density at radius 3 is 2.71 bits per heavy atom. The summed E-state index contributed by atoms with van der Waals surface area (Å²) in [5.74, 6) is -0.390. The van der Waals surface area contributed by atoms with Gasteiger partial charge in [0.25, 0.3) is 0 Å². The van der Waals surface area contributed by atoms with Gasteiger partial charge >= 0.3 is 5.97 Å². The summed E-state index contributed by atoms with van der Waals surface area (Å²) >= 11 is 5.96. The van der Waals surface area contributed by atoms with Crippen LogP contribution >= 0.6 is 11.6 Å². The van der Waals surface area contributed by atoms with Crippen molar-refractivity contribution >= 4 is 17.6 Å². The van der Waals surface area contributed by atoms with Crippen molar-refractivity contribution in [3.05, 3.63) is 34.9 Å². The zero-order valence-electron chi connectivity index (χ0n) is 10.2. The zero-order valence-corrected chi connectivity index (χ0v) is 11.0. The highest BCUT2D eigenvalue weighted by Gasteiger charge is 2.28. The maximum Gasteiger partial charge on any atom is 0.326 e. The van der Waals surface area contributed by atoms with E-state index in [2.05, 4.69) is 0 Å². The molecule has 0 saturated heterocycles. The molecule has 0 spiro atoms. The molecule has 0 amide bonds. The molecule has 0 heterocycles. The van der Waals surface area contributed by atoms with E-state index in [4.69, 9.17) is 22.1 Å². The van der Waals surface area contributed by atoms with E-state index in [0.717, 1.165) is 12.0 Å². The number of hydrogen-bond donors (Lipinski definition) is 1. The summed E-state index contributed by atoms with van der Waals surface area (Å²) in [6.07, 6.45) is 1.45. The lowest BCUT2D eigenvalue weighted by Gasteiger charge is -2.21. The van der Waals surface area contributed by atoms with Gasteiger partial charge in [0, 0.05) is 10.6 Å². The molecular weight excluding hydrogens is 238 g/mol. The van der Waals surface area contributed by atoms with Crippen LogP contribution in [0.5, 0.6) is 0 Å². The second kappa shape index (κ2) is 6.03. The van der Waals surface area contributed by atoms with Gasteiger partial charge in [-0.15, -0.1) is 0 Å². The molecule has 3 nitrogen and oxygen atoms in total. The first-order valence-electron chi connectivity index (χ1n) is 5.67. The third-order valence-electron chi connectivity index (χ3n) is 2.55. The Balaban J connectivity index is 2.57. The fourth-order valence-corrected chi connectivity index (χ4v) is 1.74. The average molecular weight is 256 g/mol. The molecule has 1 atom stereocenters. The lowest BCUT2D eigenvalue weighted by Crippen LogP contribution is -2.45. The lowest BCUT2D eigenvalue weighted by molar-refractivity contribution is -0.151. The summed E-state index contributed by atoms with van der Waals surface area (Å²) in [5, 5.41) is 0.592. The van der Waals surface area contributed by atoms with Crippen molar-refractivity contribution in [2.45, 2.75) is 38.8 Å². The first-order valence-corrected chi connectivity index (χ1v) is 6.04. The molecule has 0 radical (unpaired) electrons. The van der Waals surface area contributed by atoms with Crippen LogP contribution in [0, 0.1) is 0 Å². The molecule has 1 unspecified atom stereocenters. The highest BCUT2D eigenvalue weighted by Crippen LogP contribution is 2.17. The number of rotatable bonds is 5. The first-order chi connectivity index (χ1) is 7.97. The Labute approximate surface area is 107 Å². The van der Waals surface area contributed by atoms with Gasteiger partial charge < -0.3 is 10.5 Å². The molecule has 0 bridgehead atoms. The Hall–Kier alpha value is -1.06. The third kappa shape index (κ3) is 4.02. The number of halogens is 1. The fraction of sp³-hybridized carbons (Fsp3) is 0.462. The zero-order chi connectivity index (χ0) is 12.9. The minimum Gasteiger partial charge on any atom is -0.459 e. The van der Waals surface area contributed by atoms with E-state index in [0.29, 0.717) is 11.4 Å². The van der Waals surface area contributed by atoms with Crippen molar-refractivity contribution in [2.75, 3.05) is 0 Å². The highest BCUT2D eigenvalue weighted by atomic mass is 35.5. The van der Waals surface area contributed by atoms with E-state index >= 15 is 0 Å². The summed E-state index contributed by atoms with van der Waals surface area (Å²) in [4.78, 5) is 11.7. The van der Waals surface area contributed by atoms with Crippen LogP contribution in [0.3, 0.4) is 0 Å². The molecule has 4 heteroatoms. The van der Waals surface area contributed by atoms with Crippen molar-refractivity contribution in [3.8, 4) is 0 Å². The van der Waals surface area contributed by atoms with Crippen LogP contribution in [0.2, 0.25) is 5.02 Å². The Bertz CT molecular complexity index is 391. The summed E-state index contributed by atoms with van der Waals surface area (Å²) in [5.41, 5.74) is 5.73. The molecule has 0 saturated carbocycles. The average Bonchev–Trinajstić information content (AvgIpc) is 2.27. The SMILES string of the molecule is CCCC(C)(N)C(=O)OCc1ccccc1Cl. The molecule has 0 aliphatic heterocycles. The van der Waals surface area contributed by atoms with Gasteiger partial charge in [-0.2, -0.15) is 0 Å². The maximum atomic E-state index is 11.7. The predicted molar refractivity (Wildman–Crippen MR) is 68.7 cm³/mol. The molecule has 94 valence electrons. The molecule has 0 fully saturated rings. The fourth-order valence-electron chi connectivity index (χ4n) is 1.55. The summed E-state index contributed by atoms with van der Waals surface area (Å²) in [6, 6.07) is 7.27. The van der Waals surface area contributed by atoms with Crippen LogP contribution < -0.4 is 5.73 Å². The number of carbonyl (C=O) groups excluding carboxylic acids is 1. The molecule has 2 N–H and O–H groups in total. The summed E-state index contributed by atoms with van der Waals surface area (Å²) in [7, 11) is 0. The Morgan fingerprint density at radius 1 is 1.47 bits per heavy atom. The lowest BCUT2D eigenvalue weighted by atomic mass is 9.98. The predicted octanol–water partition coefficient (Wildman–Crippen LogP) is 2.90. The van der Waals surface area contributed by atoms with Crippen molar-refractivity contribution in [3.63, 3.8) is 0 Å². The van der Waals surface area contributed by atoms with E-state index in [9.17, 15) is 4.79 Å². The third-order valence-corrected chi connectivity index (χ3v) is 2.92. The number of benzene rings is 1. The van der Waals surface area contributed by atoms with Crippen molar-refractivity contribution in [1.82, 2.24) is 0 Å². The topological polar surface area (TPSA) is 52.3 Å². The van der Waals surface area contributed by atoms with Crippen LogP contribution in [0.1, 0.15) is 32.3 Å². The minimum atomic E-state index is -0.921. The standard InChI is InChI=1S/C13H18ClNO2/c1-3-8-13(2,15)12(16)17-9-10-6-4-5-7-11(10)14/h4-7H,3,8-9,15H2,1-2H3. The molecule has 1 aromatic rings. The highest BCUT2D eigenvalue weighted by molar-refractivity contribution is 6.31. The van der Waals surface area contributed by atoms with Crippen molar-refractivity contribution < 1.29 is 9.53 Å².